The third-order valence-electron chi connectivity index (χ3n) is 4.61. The van der Waals surface area contributed by atoms with Crippen LogP contribution in [0.25, 0.3) is 10.2 Å². The fourth-order valence-electron chi connectivity index (χ4n) is 3.41. The SMILES string of the molecule is Cc1nc2sc(C(=O)Oc3ccc(Cl)cc3)c(N)c2c2c1CCCC2. The number of anilines is 1. The van der Waals surface area contributed by atoms with E-state index in [1.807, 2.05) is 6.92 Å². The maximum absolute atomic E-state index is 12.6. The summed E-state index contributed by atoms with van der Waals surface area (Å²) in [5.41, 5.74) is 10.4. The number of aryl methyl sites for hydroxylation is 2. The van der Waals surface area contributed by atoms with Gasteiger partial charge in [-0.05, 0) is 68.0 Å². The van der Waals surface area contributed by atoms with E-state index in [4.69, 9.17) is 22.1 Å². The van der Waals surface area contributed by atoms with Crippen LogP contribution in [0.5, 0.6) is 5.75 Å². The van der Waals surface area contributed by atoms with Crippen molar-refractivity contribution in [2.45, 2.75) is 32.6 Å². The van der Waals surface area contributed by atoms with Gasteiger partial charge in [-0.3, -0.25) is 0 Å². The average Bonchev–Trinajstić information content (AvgIpc) is 2.94. The lowest BCUT2D eigenvalue weighted by Crippen LogP contribution is -2.10. The summed E-state index contributed by atoms with van der Waals surface area (Å²) in [6.45, 7) is 2.03. The van der Waals surface area contributed by atoms with Crippen molar-refractivity contribution in [1.82, 2.24) is 4.98 Å². The van der Waals surface area contributed by atoms with Crippen LogP contribution >= 0.6 is 22.9 Å². The first kappa shape index (κ1) is 16.4. The number of fused-ring (bicyclic) bond motifs is 3. The van der Waals surface area contributed by atoms with Crippen LogP contribution < -0.4 is 10.5 Å². The van der Waals surface area contributed by atoms with E-state index in [1.54, 1.807) is 24.3 Å². The monoisotopic (exact) mass is 372 g/mol. The topological polar surface area (TPSA) is 65.2 Å². The van der Waals surface area contributed by atoms with Gasteiger partial charge in [-0.15, -0.1) is 11.3 Å². The van der Waals surface area contributed by atoms with Crippen LogP contribution in [0.1, 0.15) is 39.3 Å². The number of hydrogen-bond acceptors (Lipinski definition) is 5. The Balaban J connectivity index is 1.76. The standard InChI is InChI=1S/C19H17ClN2O2S/c1-10-13-4-2-3-5-14(13)15-16(21)17(25-18(15)22-10)19(23)24-12-8-6-11(20)7-9-12/h6-9H,2-5,21H2,1H3. The fraction of sp³-hybridized carbons (Fsp3) is 0.263. The first-order valence-electron chi connectivity index (χ1n) is 8.22. The summed E-state index contributed by atoms with van der Waals surface area (Å²) in [4.78, 5) is 18.5. The minimum atomic E-state index is -0.454. The van der Waals surface area contributed by atoms with Gasteiger partial charge in [0.25, 0.3) is 0 Å². The Hall–Kier alpha value is -2.11. The number of aromatic nitrogens is 1. The third-order valence-corrected chi connectivity index (χ3v) is 5.94. The van der Waals surface area contributed by atoms with Gasteiger partial charge in [-0.25, -0.2) is 9.78 Å². The van der Waals surface area contributed by atoms with Crippen molar-refractivity contribution >= 4 is 44.8 Å². The molecule has 1 aromatic carbocycles. The zero-order chi connectivity index (χ0) is 17.6. The highest BCUT2D eigenvalue weighted by atomic mass is 35.5. The molecule has 0 fully saturated rings. The van der Waals surface area contributed by atoms with E-state index in [1.165, 1.54) is 28.9 Å². The van der Waals surface area contributed by atoms with Crippen LogP contribution in [0.4, 0.5) is 5.69 Å². The number of thiophene rings is 1. The summed E-state index contributed by atoms with van der Waals surface area (Å²) in [6.07, 6.45) is 4.34. The molecule has 128 valence electrons. The van der Waals surface area contributed by atoms with Crippen molar-refractivity contribution in [3.05, 3.63) is 51.0 Å². The lowest BCUT2D eigenvalue weighted by molar-refractivity contribution is 0.0741. The first-order chi connectivity index (χ1) is 12.0. The van der Waals surface area contributed by atoms with Crippen molar-refractivity contribution in [2.75, 3.05) is 5.73 Å². The molecule has 0 amide bonds. The Morgan fingerprint density at radius 1 is 1.20 bits per heavy atom. The molecule has 0 saturated heterocycles. The fourth-order valence-corrected chi connectivity index (χ4v) is 4.58. The Labute approximate surface area is 154 Å². The van der Waals surface area contributed by atoms with Crippen molar-refractivity contribution < 1.29 is 9.53 Å². The Kier molecular flexibility index (Phi) is 4.13. The molecule has 25 heavy (non-hydrogen) atoms. The van der Waals surface area contributed by atoms with Gasteiger partial charge in [0.1, 0.15) is 15.5 Å². The zero-order valence-electron chi connectivity index (χ0n) is 13.8. The number of ether oxygens (including phenoxy) is 1. The normalized spacial score (nSPS) is 13.7. The molecule has 3 aromatic rings. The third kappa shape index (κ3) is 2.87. The van der Waals surface area contributed by atoms with E-state index in [2.05, 4.69) is 4.98 Å². The van der Waals surface area contributed by atoms with Gasteiger partial charge in [0.2, 0.25) is 0 Å². The Morgan fingerprint density at radius 2 is 1.88 bits per heavy atom. The minimum absolute atomic E-state index is 0.413. The predicted octanol–water partition coefficient (Wildman–Crippen LogP) is 4.94. The Bertz CT molecular complexity index is 979. The molecule has 1 aliphatic rings. The van der Waals surface area contributed by atoms with Crippen LogP contribution in [-0.4, -0.2) is 11.0 Å². The molecule has 2 heterocycles. The molecular weight excluding hydrogens is 356 g/mol. The molecule has 0 aliphatic heterocycles. The summed E-state index contributed by atoms with van der Waals surface area (Å²) in [5, 5.41) is 1.53. The van der Waals surface area contributed by atoms with Gasteiger partial charge in [0.05, 0.1) is 5.69 Å². The highest BCUT2D eigenvalue weighted by Crippen LogP contribution is 2.40. The van der Waals surface area contributed by atoms with Crippen molar-refractivity contribution in [3.8, 4) is 5.75 Å². The molecule has 4 rings (SSSR count). The van der Waals surface area contributed by atoms with Gasteiger partial charge in [0.15, 0.2) is 0 Å². The average molecular weight is 373 g/mol. The summed E-state index contributed by atoms with van der Waals surface area (Å²) >= 11 is 7.16. The lowest BCUT2D eigenvalue weighted by atomic mass is 9.89. The lowest BCUT2D eigenvalue weighted by Gasteiger charge is -2.18. The minimum Gasteiger partial charge on any atom is -0.422 e. The first-order valence-corrected chi connectivity index (χ1v) is 9.42. The maximum atomic E-state index is 12.6. The second-order valence-electron chi connectivity index (χ2n) is 6.23. The number of nitrogens with zero attached hydrogens (tertiary/aromatic N) is 1. The van der Waals surface area contributed by atoms with Gasteiger partial charge >= 0.3 is 5.97 Å². The number of esters is 1. The zero-order valence-corrected chi connectivity index (χ0v) is 15.3. The molecule has 2 aromatic heterocycles. The molecule has 6 heteroatoms. The number of rotatable bonds is 2. The number of benzene rings is 1. The van der Waals surface area contributed by atoms with Crippen molar-refractivity contribution in [2.24, 2.45) is 0 Å². The van der Waals surface area contributed by atoms with Crippen LogP contribution in [0.3, 0.4) is 0 Å². The summed E-state index contributed by atoms with van der Waals surface area (Å²) in [6, 6.07) is 6.68. The van der Waals surface area contributed by atoms with Gasteiger partial charge in [0, 0.05) is 16.1 Å². The smallest absolute Gasteiger partial charge is 0.355 e. The van der Waals surface area contributed by atoms with Crippen LogP contribution in [0, 0.1) is 6.92 Å². The van der Waals surface area contributed by atoms with Crippen LogP contribution in [0.2, 0.25) is 5.02 Å². The highest BCUT2D eigenvalue weighted by molar-refractivity contribution is 7.21. The van der Waals surface area contributed by atoms with E-state index in [9.17, 15) is 4.79 Å². The molecule has 1 aliphatic carbocycles. The number of carbonyl (C=O) groups excluding carboxylic acids is 1. The largest absolute Gasteiger partial charge is 0.422 e. The summed E-state index contributed by atoms with van der Waals surface area (Å²) in [7, 11) is 0. The number of nitrogens with two attached hydrogens (primary N) is 1. The van der Waals surface area contributed by atoms with E-state index in [0.29, 0.717) is 21.3 Å². The second-order valence-corrected chi connectivity index (χ2v) is 7.67. The van der Waals surface area contributed by atoms with E-state index >= 15 is 0 Å². The van der Waals surface area contributed by atoms with Crippen molar-refractivity contribution in [3.63, 3.8) is 0 Å². The molecule has 0 radical (unpaired) electrons. The molecule has 0 unspecified atom stereocenters. The van der Waals surface area contributed by atoms with E-state index in [-0.39, 0.29) is 0 Å². The van der Waals surface area contributed by atoms with Gasteiger partial charge in [-0.1, -0.05) is 11.6 Å². The number of carbonyl (C=O) groups is 1. The Morgan fingerprint density at radius 3 is 2.60 bits per heavy atom. The quantitative estimate of drug-likeness (QED) is 0.511. The molecule has 0 saturated carbocycles. The van der Waals surface area contributed by atoms with Gasteiger partial charge < -0.3 is 10.5 Å². The summed E-state index contributed by atoms with van der Waals surface area (Å²) < 4.78 is 5.45. The second kappa shape index (κ2) is 6.32. The van der Waals surface area contributed by atoms with E-state index < -0.39 is 5.97 Å². The van der Waals surface area contributed by atoms with Gasteiger partial charge in [-0.2, -0.15) is 0 Å². The number of hydrogen-bond donors (Lipinski definition) is 1. The van der Waals surface area contributed by atoms with Crippen LogP contribution in [0.15, 0.2) is 24.3 Å². The van der Waals surface area contributed by atoms with Crippen molar-refractivity contribution in [1.29, 1.82) is 0 Å². The number of halogens is 1. The number of pyridine rings is 1. The molecule has 0 spiro atoms. The predicted molar refractivity (Wildman–Crippen MR) is 102 cm³/mol. The molecule has 0 atom stereocenters. The number of nitrogen functional groups attached to an aromatic ring is 1. The van der Waals surface area contributed by atoms with E-state index in [0.717, 1.165) is 35.2 Å². The molecule has 0 bridgehead atoms. The molecule has 2 N–H and O–H groups in total. The molecule has 4 nitrogen and oxygen atoms in total. The maximum Gasteiger partial charge on any atom is 0.355 e. The van der Waals surface area contributed by atoms with Crippen LogP contribution in [-0.2, 0) is 12.8 Å². The molecular formula is C19H17ClN2O2S. The summed E-state index contributed by atoms with van der Waals surface area (Å²) in [5.74, 6) is -0.0116. The highest BCUT2D eigenvalue weighted by Gasteiger charge is 2.25.